The van der Waals surface area contributed by atoms with E-state index in [9.17, 15) is 9.18 Å². The molecule has 1 amide bonds. The molecule has 1 heterocycles. The molecule has 1 N–H and O–H groups in total. The second kappa shape index (κ2) is 5.19. The molecule has 2 aliphatic carbocycles. The van der Waals surface area contributed by atoms with Gasteiger partial charge in [0.2, 0.25) is 11.9 Å². The Bertz CT molecular complexity index is 836. The molecule has 6 heteroatoms. The molecule has 0 unspecified atom stereocenters. The van der Waals surface area contributed by atoms with E-state index >= 15 is 0 Å². The zero-order chi connectivity index (χ0) is 17.1. The first-order valence-electron chi connectivity index (χ1n) is 8.48. The third-order valence-corrected chi connectivity index (χ3v) is 5.91. The van der Waals surface area contributed by atoms with Gasteiger partial charge in [0.1, 0.15) is 5.52 Å². The van der Waals surface area contributed by atoms with Crippen LogP contribution in [0, 0.1) is 11.2 Å². The van der Waals surface area contributed by atoms with E-state index in [0.29, 0.717) is 23.4 Å². The first-order valence-corrected chi connectivity index (χ1v) is 8.86. The van der Waals surface area contributed by atoms with Crippen molar-refractivity contribution in [3.8, 4) is 0 Å². The van der Waals surface area contributed by atoms with Crippen LogP contribution in [0.5, 0.6) is 0 Å². The van der Waals surface area contributed by atoms with Gasteiger partial charge in [0, 0.05) is 12.0 Å². The number of fused-ring (bicyclic) bond motifs is 1. The van der Waals surface area contributed by atoms with Gasteiger partial charge in [-0.25, -0.2) is 9.37 Å². The van der Waals surface area contributed by atoms with Crippen LogP contribution in [0.25, 0.3) is 11.0 Å². The summed E-state index contributed by atoms with van der Waals surface area (Å²) in [5, 5.41) is 3.00. The second-order valence-electron chi connectivity index (χ2n) is 7.89. The molecule has 0 spiro atoms. The average Bonchev–Trinajstić information content (AvgIpc) is 3.08. The van der Waals surface area contributed by atoms with Crippen molar-refractivity contribution in [3.05, 3.63) is 23.0 Å². The highest BCUT2D eigenvalue weighted by Crippen LogP contribution is 2.48. The van der Waals surface area contributed by atoms with E-state index in [-0.39, 0.29) is 21.9 Å². The molecule has 1 aromatic heterocycles. The standard InChI is InChI=1S/C18H21ClFN3O/c1-17(8-9-17)10-13(24)22-16-21-12-5-4-11(19)14(20)15(12)23(16)18(2)6-3-7-18/h4-5H,3,6-10H2,1-2H3,(H,21,22,24). The molecule has 2 aliphatic rings. The van der Waals surface area contributed by atoms with Crippen molar-refractivity contribution in [3.63, 3.8) is 0 Å². The van der Waals surface area contributed by atoms with Crippen molar-refractivity contribution in [2.75, 3.05) is 5.32 Å². The lowest BCUT2D eigenvalue weighted by atomic mass is 9.78. The number of carbonyl (C=O) groups excluding carboxylic acids is 1. The number of aromatic nitrogens is 2. The third-order valence-electron chi connectivity index (χ3n) is 5.62. The van der Waals surface area contributed by atoms with Gasteiger partial charge < -0.3 is 4.57 Å². The minimum Gasteiger partial charge on any atom is -0.301 e. The predicted octanol–water partition coefficient (Wildman–Crippen LogP) is 4.86. The number of nitrogens with one attached hydrogen (secondary N) is 1. The van der Waals surface area contributed by atoms with Crippen LogP contribution >= 0.6 is 11.6 Å². The Balaban J connectivity index is 1.78. The van der Waals surface area contributed by atoms with Gasteiger partial charge in [0.15, 0.2) is 5.82 Å². The van der Waals surface area contributed by atoms with Gasteiger partial charge in [0.25, 0.3) is 0 Å². The Morgan fingerprint density at radius 3 is 2.62 bits per heavy atom. The van der Waals surface area contributed by atoms with Gasteiger partial charge in [0.05, 0.1) is 10.5 Å². The molecule has 2 aromatic rings. The smallest absolute Gasteiger partial charge is 0.227 e. The van der Waals surface area contributed by atoms with Crippen molar-refractivity contribution in [2.45, 2.75) is 57.9 Å². The molecular formula is C18H21ClFN3O. The summed E-state index contributed by atoms with van der Waals surface area (Å²) >= 11 is 5.98. The molecule has 0 saturated heterocycles. The summed E-state index contributed by atoms with van der Waals surface area (Å²) in [6.45, 7) is 4.19. The number of carbonyl (C=O) groups is 1. The molecule has 1 aromatic carbocycles. The number of anilines is 1. The van der Waals surface area contributed by atoms with Crippen molar-refractivity contribution in [2.24, 2.45) is 5.41 Å². The van der Waals surface area contributed by atoms with E-state index in [2.05, 4.69) is 24.1 Å². The molecule has 0 radical (unpaired) electrons. The lowest BCUT2D eigenvalue weighted by molar-refractivity contribution is -0.117. The van der Waals surface area contributed by atoms with E-state index in [1.54, 1.807) is 6.07 Å². The van der Waals surface area contributed by atoms with E-state index < -0.39 is 5.82 Å². The maximum atomic E-state index is 14.7. The summed E-state index contributed by atoms with van der Waals surface area (Å²) < 4.78 is 16.5. The second-order valence-corrected chi connectivity index (χ2v) is 8.29. The fraction of sp³-hybridized carbons (Fsp3) is 0.556. The zero-order valence-corrected chi connectivity index (χ0v) is 14.7. The molecular weight excluding hydrogens is 329 g/mol. The summed E-state index contributed by atoms with van der Waals surface area (Å²) in [4.78, 5) is 16.9. The van der Waals surface area contributed by atoms with Crippen molar-refractivity contribution in [1.29, 1.82) is 0 Å². The number of rotatable bonds is 4. The SMILES string of the molecule is CC1(CC(=O)Nc2nc3ccc(Cl)c(F)c3n2C2(C)CCC2)CC1. The summed E-state index contributed by atoms with van der Waals surface area (Å²) in [6.07, 6.45) is 5.60. The average molecular weight is 350 g/mol. The Labute approximate surface area is 145 Å². The normalized spacial score (nSPS) is 20.7. The summed E-state index contributed by atoms with van der Waals surface area (Å²) in [6, 6.07) is 3.22. The van der Waals surface area contributed by atoms with E-state index in [1.807, 2.05) is 4.57 Å². The molecule has 128 valence electrons. The predicted molar refractivity (Wildman–Crippen MR) is 92.8 cm³/mol. The van der Waals surface area contributed by atoms with Gasteiger partial charge in [-0.1, -0.05) is 18.5 Å². The largest absolute Gasteiger partial charge is 0.301 e. The highest BCUT2D eigenvalue weighted by Gasteiger charge is 2.41. The molecule has 2 fully saturated rings. The van der Waals surface area contributed by atoms with Gasteiger partial charge >= 0.3 is 0 Å². The highest BCUT2D eigenvalue weighted by atomic mass is 35.5. The van der Waals surface area contributed by atoms with Crippen LogP contribution in [-0.4, -0.2) is 15.5 Å². The minimum absolute atomic E-state index is 0.0546. The zero-order valence-electron chi connectivity index (χ0n) is 14.0. The number of amides is 1. The maximum absolute atomic E-state index is 14.7. The molecule has 24 heavy (non-hydrogen) atoms. The number of halogens is 2. The van der Waals surface area contributed by atoms with Crippen molar-refractivity contribution < 1.29 is 9.18 Å². The quantitative estimate of drug-likeness (QED) is 0.857. The van der Waals surface area contributed by atoms with Crippen LogP contribution in [-0.2, 0) is 10.3 Å². The first-order chi connectivity index (χ1) is 11.3. The number of hydrogen-bond donors (Lipinski definition) is 1. The fourth-order valence-electron chi connectivity index (χ4n) is 3.57. The number of benzene rings is 1. The van der Waals surface area contributed by atoms with E-state index in [1.165, 1.54) is 6.07 Å². The Kier molecular flexibility index (Phi) is 3.43. The first kappa shape index (κ1) is 15.9. The van der Waals surface area contributed by atoms with Gasteiger partial charge in [-0.05, 0) is 56.6 Å². The summed E-state index contributed by atoms with van der Waals surface area (Å²) in [5.74, 6) is -0.0898. The monoisotopic (exact) mass is 349 g/mol. The van der Waals surface area contributed by atoms with Crippen LogP contribution in [0.4, 0.5) is 10.3 Å². The van der Waals surface area contributed by atoms with Gasteiger partial charge in [-0.3, -0.25) is 10.1 Å². The fourth-order valence-corrected chi connectivity index (χ4v) is 3.72. The van der Waals surface area contributed by atoms with Crippen molar-refractivity contribution >= 4 is 34.5 Å². The number of hydrogen-bond acceptors (Lipinski definition) is 2. The summed E-state index contributed by atoms with van der Waals surface area (Å²) in [5.41, 5.74) is 0.804. The minimum atomic E-state index is -0.468. The van der Waals surface area contributed by atoms with Crippen LogP contribution in [0.3, 0.4) is 0 Å². The topological polar surface area (TPSA) is 46.9 Å². The lowest BCUT2D eigenvalue weighted by Gasteiger charge is -2.41. The van der Waals surface area contributed by atoms with Crippen molar-refractivity contribution in [1.82, 2.24) is 9.55 Å². The molecule has 0 aliphatic heterocycles. The lowest BCUT2D eigenvalue weighted by Crippen LogP contribution is -2.38. The third kappa shape index (κ3) is 2.50. The Morgan fingerprint density at radius 2 is 2.04 bits per heavy atom. The number of imidazole rings is 1. The molecule has 4 rings (SSSR count). The van der Waals surface area contributed by atoms with E-state index in [4.69, 9.17) is 11.6 Å². The molecule has 0 atom stereocenters. The van der Waals surface area contributed by atoms with Crippen LogP contribution in [0.1, 0.15) is 52.4 Å². The van der Waals surface area contributed by atoms with Gasteiger partial charge in [-0.2, -0.15) is 0 Å². The van der Waals surface area contributed by atoms with E-state index in [0.717, 1.165) is 32.1 Å². The van der Waals surface area contributed by atoms with Crippen LogP contribution < -0.4 is 5.32 Å². The van der Waals surface area contributed by atoms with Gasteiger partial charge in [-0.15, -0.1) is 0 Å². The Hall–Kier alpha value is -1.62. The molecule has 2 saturated carbocycles. The molecule has 0 bridgehead atoms. The van der Waals surface area contributed by atoms with Crippen LogP contribution in [0.15, 0.2) is 12.1 Å². The number of nitrogens with zero attached hydrogens (tertiary/aromatic N) is 2. The van der Waals surface area contributed by atoms with Crippen LogP contribution in [0.2, 0.25) is 5.02 Å². The molecule has 4 nitrogen and oxygen atoms in total. The Morgan fingerprint density at radius 1 is 1.33 bits per heavy atom. The summed E-state index contributed by atoms with van der Waals surface area (Å²) in [7, 11) is 0. The highest BCUT2D eigenvalue weighted by molar-refractivity contribution is 6.31. The maximum Gasteiger partial charge on any atom is 0.227 e.